The Hall–Kier alpha value is -0.250. The van der Waals surface area contributed by atoms with E-state index in [0.717, 1.165) is 0 Å². The van der Waals surface area contributed by atoms with Gasteiger partial charge in [0.1, 0.15) is 0 Å². The van der Waals surface area contributed by atoms with Crippen LogP contribution in [0.15, 0.2) is 18.2 Å². The molecule has 1 aliphatic carbocycles. The van der Waals surface area contributed by atoms with Crippen LogP contribution in [-0.4, -0.2) is 6.04 Å². The maximum absolute atomic E-state index is 3.69. The van der Waals surface area contributed by atoms with Crippen LogP contribution in [-0.2, 0) is 0 Å². The van der Waals surface area contributed by atoms with Crippen LogP contribution in [0.2, 0.25) is 0 Å². The molecule has 0 radical (unpaired) electrons. The van der Waals surface area contributed by atoms with E-state index in [1.807, 2.05) is 0 Å². The number of hydrogen-bond acceptors (Lipinski definition) is 1. The minimum Gasteiger partial charge on any atom is -0.382 e. The van der Waals surface area contributed by atoms with Crippen molar-refractivity contribution >= 4 is 28.3 Å². The van der Waals surface area contributed by atoms with Crippen LogP contribution >= 0.6 is 22.6 Å². The third-order valence-electron chi connectivity index (χ3n) is 3.23. The largest absolute Gasteiger partial charge is 0.382 e. The van der Waals surface area contributed by atoms with E-state index in [4.69, 9.17) is 0 Å². The van der Waals surface area contributed by atoms with Crippen LogP contribution in [0.5, 0.6) is 0 Å². The van der Waals surface area contributed by atoms with E-state index in [1.165, 1.54) is 46.9 Å². The smallest absolute Gasteiger partial charge is 0.0382 e. The molecule has 1 aromatic carbocycles. The molecule has 1 nitrogen and oxygen atoms in total. The number of hydrogen-bond donors (Lipinski definition) is 1. The van der Waals surface area contributed by atoms with Gasteiger partial charge < -0.3 is 5.32 Å². The second-order valence-corrected chi connectivity index (χ2v) is 5.55. The number of rotatable bonds is 2. The van der Waals surface area contributed by atoms with Gasteiger partial charge in [-0.3, -0.25) is 0 Å². The average Bonchev–Trinajstić information content (AvgIpc) is 2.26. The van der Waals surface area contributed by atoms with Crippen LogP contribution in [0.25, 0.3) is 0 Å². The highest BCUT2D eigenvalue weighted by Gasteiger charge is 2.13. The molecule has 2 heteroatoms. The predicted octanol–water partition coefficient (Wildman–Crippen LogP) is 4.34. The van der Waals surface area contributed by atoms with Crippen LogP contribution < -0.4 is 5.32 Å². The molecule has 0 saturated heterocycles. The summed E-state index contributed by atoms with van der Waals surface area (Å²) in [4.78, 5) is 0. The molecule has 0 amide bonds. The van der Waals surface area contributed by atoms with Gasteiger partial charge in [0.2, 0.25) is 0 Å². The molecule has 1 N–H and O–H groups in total. The van der Waals surface area contributed by atoms with Gasteiger partial charge in [0.05, 0.1) is 0 Å². The van der Waals surface area contributed by atoms with Crippen LogP contribution in [0, 0.1) is 10.5 Å². The zero-order chi connectivity index (χ0) is 10.7. The van der Waals surface area contributed by atoms with Gasteiger partial charge in [0.25, 0.3) is 0 Å². The Balaban J connectivity index is 2.06. The van der Waals surface area contributed by atoms with E-state index in [2.05, 4.69) is 53.0 Å². The second kappa shape index (κ2) is 5.19. The summed E-state index contributed by atoms with van der Waals surface area (Å²) in [6.07, 6.45) is 6.88. The van der Waals surface area contributed by atoms with Crippen LogP contribution in [0.4, 0.5) is 5.69 Å². The standard InChI is InChI=1S/C13H18IN/c1-10-12(14)8-5-9-13(10)15-11-6-3-2-4-7-11/h5,8-9,11,15H,2-4,6-7H2,1H3. The zero-order valence-corrected chi connectivity index (χ0v) is 11.4. The Labute approximate surface area is 106 Å². The molecule has 0 bridgehead atoms. The highest BCUT2D eigenvalue weighted by Crippen LogP contribution is 2.25. The molecular formula is C13H18IN. The first-order chi connectivity index (χ1) is 7.27. The number of nitrogens with one attached hydrogen (secondary N) is 1. The van der Waals surface area contributed by atoms with Gasteiger partial charge in [-0.2, -0.15) is 0 Å². The number of benzene rings is 1. The van der Waals surface area contributed by atoms with Crippen molar-refractivity contribution in [1.82, 2.24) is 0 Å². The van der Waals surface area contributed by atoms with E-state index in [-0.39, 0.29) is 0 Å². The van der Waals surface area contributed by atoms with Gasteiger partial charge in [-0.25, -0.2) is 0 Å². The fraction of sp³-hybridized carbons (Fsp3) is 0.538. The van der Waals surface area contributed by atoms with Crippen molar-refractivity contribution in [1.29, 1.82) is 0 Å². The highest BCUT2D eigenvalue weighted by molar-refractivity contribution is 14.1. The lowest BCUT2D eigenvalue weighted by atomic mass is 9.95. The predicted molar refractivity (Wildman–Crippen MR) is 74.4 cm³/mol. The summed E-state index contributed by atoms with van der Waals surface area (Å²) in [5.41, 5.74) is 2.72. The van der Waals surface area contributed by atoms with Crippen molar-refractivity contribution in [2.75, 3.05) is 5.32 Å². The van der Waals surface area contributed by atoms with Crippen molar-refractivity contribution in [3.8, 4) is 0 Å². The van der Waals surface area contributed by atoms with Gasteiger partial charge in [0, 0.05) is 15.3 Å². The average molecular weight is 315 g/mol. The minimum absolute atomic E-state index is 0.704. The molecule has 1 aliphatic rings. The summed E-state index contributed by atoms with van der Waals surface area (Å²) in [6, 6.07) is 7.21. The molecular weight excluding hydrogens is 297 g/mol. The molecule has 0 atom stereocenters. The zero-order valence-electron chi connectivity index (χ0n) is 9.22. The van der Waals surface area contributed by atoms with E-state index in [0.29, 0.717) is 6.04 Å². The molecule has 0 heterocycles. The molecule has 1 saturated carbocycles. The van der Waals surface area contributed by atoms with E-state index < -0.39 is 0 Å². The monoisotopic (exact) mass is 315 g/mol. The van der Waals surface area contributed by atoms with Gasteiger partial charge >= 0.3 is 0 Å². The van der Waals surface area contributed by atoms with Gasteiger partial charge in [0.15, 0.2) is 0 Å². The summed E-state index contributed by atoms with van der Waals surface area (Å²) in [5.74, 6) is 0. The second-order valence-electron chi connectivity index (χ2n) is 4.39. The Bertz CT molecular complexity index is 329. The van der Waals surface area contributed by atoms with Crippen molar-refractivity contribution in [3.05, 3.63) is 27.3 Å². The Morgan fingerprint density at radius 2 is 1.93 bits per heavy atom. The Kier molecular flexibility index (Phi) is 3.89. The fourth-order valence-corrected chi connectivity index (χ4v) is 2.73. The highest BCUT2D eigenvalue weighted by atomic mass is 127. The lowest BCUT2D eigenvalue weighted by molar-refractivity contribution is 0.462. The lowest BCUT2D eigenvalue weighted by Crippen LogP contribution is -2.22. The van der Waals surface area contributed by atoms with E-state index in [1.54, 1.807) is 0 Å². The molecule has 0 aromatic heterocycles. The molecule has 2 rings (SSSR count). The molecule has 15 heavy (non-hydrogen) atoms. The topological polar surface area (TPSA) is 12.0 Å². The van der Waals surface area contributed by atoms with E-state index >= 15 is 0 Å². The third kappa shape index (κ3) is 2.86. The van der Waals surface area contributed by atoms with Gasteiger partial charge in [-0.1, -0.05) is 25.3 Å². The lowest BCUT2D eigenvalue weighted by Gasteiger charge is -2.25. The Morgan fingerprint density at radius 1 is 1.20 bits per heavy atom. The summed E-state index contributed by atoms with van der Waals surface area (Å²) in [5, 5.41) is 3.69. The maximum Gasteiger partial charge on any atom is 0.0382 e. The Morgan fingerprint density at radius 3 is 2.67 bits per heavy atom. The summed E-state index contributed by atoms with van der Waals surface area (Å²) in [6.45, 7) is 2.20. The quantitative estimate of drug-likeness (QED) is 0.800. The SMILES string of the molecule is Cc1c(I)cccc1NC1CCCCC1. The molecule has 0 spiro atoms. The van der Waals surface area contributed by atoms with Crippen LogP contribution in [0.1, 0.15) is 37.7 Å². The molecule has 1 fully saturated rings. The summed E-state index contributed by atoms with van der Waals surface area (Å²) in [7, 11) is 0. The summed E-state index contributed by atoms with van der Waals surface area (Å²) < 4.78 is 1.36. The minimum atomic E-state index is 0.704. The normalized spacial score (nSPS) is 17.7. The van der Waals surface area contributed by atoms with Crippen LogP contribution in [0.3, 0.4) is 0 Å². The summed E-state index contributed by atoms with van der Waals surface area (Å²) >= 11 is 2.40. The first-order valence-corrected chi connectivity index (χ1v) is 6.87. The maximum atomic E-state index is 3.69. The van der Waals surface area contributed by atoms with Gasteiger partial charge in [-0.15, -0.1) is 0 Å². The van der Waals surface area contributed by atoms with Crippen molar-refractivity contribution in [2.24, 2.45) is 0 Å². The molecule has 82 valence electrons. The van der Waals surface area contributed by atoms with E-state index in [9.17, 15) is 0 Å². The first kappa shape index (κ1) is 11.2. The van der Waals surface area contributed by atoms with Crippen molar-refractivity contribution < 1.29 is 0 Å². The fourth-order valence-electron chi connectivity index (χ4n) is 2.23. The first-order valence-electron chi connectivity index (χ1n) is 5.79. The van der Waals surface area contributed by atoms with Crippen molar-refractivity contribution in [3.63, 3.8) is 0 Å². The number of anilines is 1. The third-order valence-corrected chi connectivity index (χ3v) is 4.40. The van der Waals surface area contributed by atoms with Gasteiger partial charge in [-0.05, 0) is 60.1 Å². The molecule has 0 aliphatic heterocycles. The van der Waals surface area contributed by atoms with Crippen molar-refractivity contribution in [2.45, 2.75) is 45.1 Å². The molecule has 0 unspecified atom stereocenters. The number of halogens is 1. The molecule has 1 aromatic rings.